The van der Waals surface area contributed by atoms with Crippen molar-refractivity contribution in [2.24, 2.45) is 16.8 Å². The number of benzene rings is 1. The Balaban J connectivity index is 1.44. The maximum Gasteiger partial charge on any atom is 0.157 e. The van der Waals surface area contributed by atoms with Gasteiger partial charge < -0.3 is 5.32 Å². The second-order valence-corrected chi connectivity index (χ2v) is 7.03. The van der Waals surface area contributed by atoms with E-state index in [2.05, 4.69) is 35.6 Å². The van der Waals surface area contributed by atoms with E-state index < -0.39 is 0 Å². The van der Waals surface area contributed by atoms with E-state index in [1.807, 2.05) is 11.8 Å². The molecule has 0 spiro atoms. The fraction of sp³-hybridized carbons (Fsp3) is 0.562. The summed E-state index contributed by atoms with van der Waals surface area (Å²) in [6.07, 6.45) is 5.70. The first-order valence-corrected chi connectivity index (χ1v) is 8.41. The number of nitrogens with zero attached hydrogens (tertiary/aromatic N) is 1. The Kier molecular flexibility index (Phi) is 3.03. The van der Waals surface area contributed by atoms with Gasteiger partial charge in [0.1, 0.15) is 0 Å². The highest BCUT2D eigenvalue weighted by Gasteiger charge is 2.42. The van der Waals surface area contributed by atoms with Crippen LogP contribution in [0.5, 0.6) is 0 Å². The van der Waals surface area contributed by atoms with Crippen LogP contribution >= 0.6 is 11.8 Å². The van der Waals surface area contributed by atoms with Crippen molar-refractivity contribution in [3.8, 4) is 0 Å². The molecule has 2 saturated carbocycles. The van der Waals surface area contributed by atoms with Crippen molar-refractivity contribution >= 4 is 16.9 Å². The van der Waals surface area contributed by atoms with Crippen molar-refractivity contribution in [1.29, 1.82) is 0 Å². The summed E-state index contributed by atoms with van der Waals surface area (Å²) in [5.41, 5.74) is 1.35. The molecule has 1 aliphatic heterocycles. The van der Waals surface area contributed by atoms with E-state index in [4.69, 9.17) is 4.99 Å². The van der Waals surface area contributed by atoms with Gasteiger partial charge in [0.15, 0.2) is 5.17 Å². The Labute approximate surface area is 119 Å². The summed E-state index contributed by atoms with van der Waals surface area (Å²) in [6.45, 7) is 0. The van der Waals surface area contributed by atoms with Gasteiger partial charge in [-0.15, -0.1) is 0 Å². The van der Waals surface area contributed by atoms with Crippen LogP contribution in [0, 0.1) is 11.8 Å². The van der Waals surface area contributed by atoms with Gasteiger partial charge in [-0.05, 0) is 43.1 Å². The lowest BCUT2D eigenvalue weighted by Crippen LogP contribution is -2.36. The molecule has 3 heteroatoms. The third kappa shape index (κ3) is 2.66. The number of hydrogen-bond acceptors (Lipinski definition) is 3. The summed E-state index contributed by atoms with van der Waals surface area (Å²) in [6, 6.07) is 11.8. The third-order valence-electron chi connectivity index (χ3n) is 4.39. The predicted octanol–water partition coefficient (Wildman–Crippen LogP) is 3.61. The molecule has 1 aromatic rings. The highest BCUT2D eigenvalue weighted by molar-refractivity contribution is 8.14. The standard InChI is InChI=1S/C16H20N2S/c1-2-4-11(5-3-1)14-10-19-16(17-14)18-15(12-6-7-12)13-8-9-13/h1-5,12-15H,6-10H2,(H,17,18). The molecule has 1 N–H and O–H groups in total. The van der Waals surface area contributed by atoms with Crippen molar-refractivity contribution in [3.05, 3.63) is 35.9 Å². The molecule has 4 rings (SSSR count). The molecule has 0 aromatic heterocycles. The molecular weight excluding hydrogens is 252 g/mol. The number of rotatable bonds is 4. The van der Waals surface area contributed by atoms with Crippen LogP contribution in [0.1, 0.15) is 37.3 Å². The van der Waals surface area contributed by atoms with Crippen LogP contribution in [-0.4, -0.2) is 17.0 Å². The minimum absolute atomic E-state index is 0.354. The summed E-state index contributed by atoms with van der Waals surface area (Å²) in [5.74, 6) is 2.96. The van der Waals surface area contributed by atoms with Crippen LogP contribution < -0.4 is 5.32 Å². The second kappa shape index (κ2) is 4.86. The summed E-state index contributed by atoms with van der Waals surface area (Å²) in [5, 5.41) is 4.94. The van der Waals surface area contributed by atoms with Crippen molar-refractivity contribution in [3.63, 3.8) is 0 Å². The van der Waals surface area contributed by atoms with Gasteiger partial charge in [0.25, 0.3) is 0 Å². The number of thioether (sulfide) groups is 1. The first-order valence-electron chi connectivity index (χ1n) is 7.42. The lowest BCUT2D eigenvalue weighted by molar-refractivity contribution is 0.484. The van der Waals surface area contributed by atoms with Crippen molar-refractivity contribution in [2.75, 3.05) is 5.75 Å². The highest BCUT2D eigenvalue weighted by atomic mass is 32.2. The number of aliphatic imine (C=N–C) groups is 1. The van der Waals surface area contributed by atoms with E-state index in [0.29, 0.717) is 6.04 Å². The zero-order chi connectivity index (χ0) is 12.7. The topological polar surface area (TPSA) is 24.4 Å². The molecule has 1 atom stereocenters. The quantitative estimate of drug-likeness (QED) is 0.905. The fourth-order valence-corrected chi connectivity index (χ4v) is 3.98. The molecule has 1 unspecified atom stereocenters. The van der Waals surface area contributed by atoms with Gasteiger partial charge >= 0.3 is 0 Å². The minimum atomic E-state index is 0.354. The third-order valence-corrected chi connectivity index (χ3v) is 5.36. The number of nitrogens with one attached hydrogen (secondary N) is 1. The van der Waals surface area contributed by atoms with Crippen LogP contribution in [0.15, 0.2) is 35.3 Å². The summed E-state index contributed by atoms with van der Waals surface area (Å²) < 4.78 is 0. The van der Waals surface area contributed by atoms with Crippen molar-refractivity contribution in [1.82, 2.24) is 5.32 Å². The molecule has 1 heterocycles. The lowest BCUT2D eigenvalue weighted by atomic mass is 10.1. The normalized spacial score (nSPS) is 26.6. The Morgan fingerprint density at radius 1 is 1.05 bits per heavy atom. The number of amidine groups is 1. The van der Waals surface area contributed by atoms with Crippen LogP contribution in [-0.2, 0) is 0 Å². The second-order valence-electron chi connectivity index (χ2n) is 6.02. The van der Waals surface area contributed by atoms with Crippen LogP contribution in [0.4, 0.5) is 0 Å². The van der Waals surface area contributed by atoms with Gasteiger partial charge in [0, 0.05) is 11.8 Å². The molecule has 2 fully saturated rings. The first kappa shape index (κ1) is 11.8. The average molecular weight is 272 g/mol. The fourth-order valence-electron chi connectivity index (χ4n) is 2.97. The van der Waals surface area contributed by atoms with Gasteiger partial charge in [-0.1, -0.05) is 42.1 Å². The van der Waals surface area contributed by atoms with Crippen molar-refractivity contribution in [2.45, 2.75) is 37.8 Å². The molecule has 1 aromatic carbocycles. The van der Waals surface area contributed by atoms with Gasteiger partial charge in [-0.2, -0.15) is 0 Å². The maximum atomic E-state index is 4.89. The average Bonchev–Trinajstić information content (AvgIpc) is 3.37. The number of hydrogen-bond donors (Lipinski definition) is 1. The SMILES string of the molecule is c1ccc(C2CSC(NC(C3CC3)C3CC3)=N2)cc1. The Morgan fingerprint density at radius 3 is 2.37 bits per heavy atom. The molecule has 0 radical (unpaired) electrons. The van der Waals surface area contributed by atoms with E-state index >= 15 is 0 Å². The van der Waals surface area contributed by atoms with E-state index in [1.54, 1.807) is 0 Å². The minimum Gasteiger partial charge on any atom is -0.362 e. The molecule has 0 bridgehead atoms. The smallest absolute Gasteiger partial charge is 0.157 e. The van der Waals surface area contributed by atoms with E-state index in [0.717, 1.165) is 23.6 Å². The van der Waals surface area contributed by atoms with E-state index in [1.165, 1.54) is 36.4 Å². The molecule has 0 saturated heterocycles. The van der Waals surface area contributed by atoms with E-state index in [-0.39, 0.29) is 0 Å². The van der Waals surface area contributed by atoms with Gasteiger partial charge in [-0.3, -0.25) is 4.99 Å². The van der Waals surface area contributed by atoms with E-state index in [9.17, 15) is 0 Å². The zero-order valence-electron chi connectivity index (χ0n) is 11.1. The van der Waals surface area contributed by atoms with Gasteiger partial charge in [0.2, 0.25) is 0 Å². The summed E-state index contributed by atoms with van der Waals surface area (Å²) >= 11 is 1.90. The molecule has 3 aliphatic rings. The van der Waals surface area contributed by atoms with Crippen molar-refractivity contribution < 1.29 is 0 Å². The summed E-state index contributed by atoms with van der Waals surface area (Å²) in [7, 11) is 0. The molecule has 0 amide bonds. The Bertz CT molecular complexity index is 465. The molecule has 100 valence electrons. The largest absolute Gasteiger partial charge is 0.362 e. The Morgan fingerprint density at radius 2 is 1.74 bits per heavy atom. The maximum absolute atomic E-state index is 4.89. The zero-order valence-corrected chi connectivity index (χ0v) is 11.9. The predicted molar refractivity (Wildman–Crippen MR) is 81.4 cm³/mol. The molecular formula is C16H20N2S. The Hall–Kier alpha value is -0.960. The molecule has 19 heavy (non-hydrogen) atoms. The lowest BCUT2D eigenvalue weighted by Gasteiger charge is -2.18. The summed E-state index contributed by atoms with van der Waals surface area (Å²) in [4.78, 5) is 4.89. The first-order chi connectivity index (χ1) is 9.40. The highest BCUT2D eigenvalue weighted by Crippen LogP contribution is 2.45. The van der Waals surface area contributed by atoms with Crippen LogP contribution in [0.2, 0.25) is 0 Å². The van der Waals surface area contributed by atoms with Gasteiger partial charge in [-0.25, -0.2) is 0 Å². The van der Waals surface area contributed by atoms with Crippen LogP contribution in [0.25, 0.3) is 0 Å². The van der Waals surface area contributed by atoms with Gasteiger partial charge in [0.05, 0.1) is 6.04 Å². The van der Waals surface area contributed by atoms with Crippen LogP contribution in [0.3, 0.4) is 0 Å². The molecule has 2 nitrogen and oxygen atoms in total. The molecule has 2 aliphatic carbocycles. The monoisotopic (exact) mass is 272 g/mol.